The minimum atomic E-state index is -0.875. The minimum Gasteiger partial charge on any atom is -0.379 e. The van der Waals surface area contributed by atoms with Gasteiger partial charge in [-0.1, -0.05) is 42.4 Å². The SMILES string of the molecule is CCCNC(=O)C1(C)CC(c2ccccc2)=NO1. The highest BCUT2D eigenvalue weighted by atomic mass is 16.7. The van der Waals surface area contributed by atoms with E-state index in [4.69, 9.17) is 4.84 Å². The van der Waals surface area contributed by atoms with Gasteiger partial charge in [-0.3, -0.25) is 4.79 Å². The largest absolute Gasteiger partial charge is 0.379 e. The second-order valence-electron chi connectivity index (χ2n) is 4.66. The van der Waals surface area contributed by atoms with E-state index in [0.29, 0.717) is 13.0 Å². The van der Waals surface area contributed by atoms with Gasteiger partial charge < -0.3 is 10.2 Å². The Kier molecular flexibility index (Phi) is 3.65. The zero-order valence-electron chi connectivity index (χ0n) is 10.8. The predicted octanol–water partition coefficient (Wildman–Crippen LogP) is 2.10. The van der Waals surface area contributed by atoms with Gasteiger partial charge in [0.05, 0.1) is 5.71 Å². The number of hydrogen-bond donors (Lipinski definition) is 1. The van der Waals surface area contributed by atoms with Crippen LogP contribution in [0.4, 0.5) is 0 Å². The molecule has 1 heterocycles. The summed E-state index contributed by atoms with van der Waals surface area (Å²) in [5, 5.41) is 6.89. The molecule has 1 aromatic rings. The summed E-state index contributed by atoms with van der Waals surface area (Å²) < 4.78 is 0. The molecular weight excluding hydrogens is 228 g/mol. The molecule has 1 aliphatic rings. The lowest BCUT2D eigenvalue weighted by Crippen LogP contribution is -2.44. The molecule has 2 rings (SSSR count). The smallest absolute Gasteiger partial charge is 0.267 e. The second-order valence-corrected chi connectivity index (χ2v) is 4.66. The van der Waals surface area contributed by atoms with Crippen LogP contribution in [0.5, 0.6) is 0 Å². The van der Waals surface area contributed by atoms with Crippen LogP contribution in [0.3, 0.4) is 0 Å². The fourth-order valence-corrected chi connectivity index (χ4v) is 1.87. The fraction of sp³-hybridized carbons (Fsp3) is 0.429. The summed E-state index contributed by atoms with van der Waals surface area (Å²) >= 11 is 0. The first-order chi connectivity index (χ1) is 8.65. The number of amides is 1. The number of hydrogen-bond acceptors (Lipinski definition) is 3. The molecule has 0 aromatic heterocycles. The molecule has 1 amide bonds. The molecule has 0 radical (unpaired) electrons. The molecule has 0 saturated heterocycles. The van der Waals surface area contributed by atoms with Crippen LogP contribution in [0.15, 0.2) is 35.5 Å². The molecule has 4 heteroatoms. The van der Waals surface area contributed by atoms with Gasteiger partial charge in [0.25, 0.3) is 5.91 Å². The van der Waals surface area contributed by atoms with E-state index >= 15 is 0 Å². The lowest BCUT2D eigenvalue weighted by Gasteiger charge is -2.20. The first kappa shape index (κ1) is 12.6. The van der Waals surface area contributed by atoms with Gasteiger partial charge in [-0.05, 0) is 18.9 Å². The third-order valence-corrected chi connectivity index (χ3v) is 2.98. The Morgan fingerprint density at radius 2 is 2.17 bits per heavy atom. The van der Waals surface area contributed by atoms with E-state index in [-0.39, 0.29) is 5.91 Å². The van der Waals surface area contributed by atoms with Crippen LogP contribution in [0.1, 0.15) is 32.3 Å². The zero-order valence-corrected chi connectivity index (χ0v) is 10.8. The fourth-order valence-electron chi connectivity index (χ4n) is 1.87. The summed E-state index contributed by atoms with van der Waals surface area (Å²) in [5.74, 6) is -0.0981. The first-order valence-electron chi connectivity index (χ1n) is 6.24. The number of nitrogens with zero attached hydrogens (tertiary/aromatic N) is 1. The molecule has 1 atom stereocenters. The van der Waals surface area contributed by atoms with Gasteiger partial charge in [-0.2, -0.15) is 0 Å². The van der Waals surface area contributed by atoms with Gasteiger partial charge in [0.15, 0.2) is 0 Å². The average Bonchev–Trinajstić information content (AvgIpc) is 2.81. The first-order valence-corrected chi connectivity index (χ1v) is 6.24. The molecule has 0 aliphatic carbocycles. The summed E-state index contributed by atoms with van der Waals surface area (Å²) in [5.41, 5.74) is 0.953. The molecule has 1 N–H and O–H groups in total. The maximum Gasteiger partial charge on any atom is 0.267 e. The summed E-state index contributed by atoms with van der Waals surface area (Å²) in [6.07, 6.45) is 1.42. The van der Waals surface area contributed by atoms with Gasteiger partial charge >= 0.3 is 0 Å². The molecule has 1 unspecified atom stereocenters. The molecular formula is C14H18N2O2. The molecule has 0 spiro atoms. The van der Waals surface area contributed by atoms with Crippen molar-refractivity contribution in [1.29, 1.82) is 0 Å². The van der Waals surface area contributed by atoms with Crippen LogP contribution < -0.4 is 5.32 Å². The van der Waals surface area contributed by atoms with Crippen LogP contribution in [0.2, 0.25) is 0 Å². The molecule has 0 saturated carbocycles. The van der Waals surface area contributed by atoms with Crippen LogP contribution in [0, 0.1) is 0 Å². The van der Waals surface area contributed by atoms with Crippen LogP contribution >= 0.6 is 0 Å². The molecule has 4 nitrogen and oxygen atoms in total. The Balaban J connectivity index is 2.04. The molecule has 1 aliphatic heterocycles. The quantitative estimate of drug-likeness (QED) is 0.884. The van der Waals surface area contributed by atoms with E-state index in [9.17, 15) is 4.79 Å². The Morgan fingerprint density at radius 3 is 2.83 bits per heavy atom. The summed E-state index contributed by atoms with van der Waals surface area (Å²) in [7, 11) is 0. The van der Waals surface area contributed by atoms with Gasteiger partial charge in [0, 0.05) is 13.0 Å². The average molecular weight is 246 g/mol. The lowest BCUT2D eigenvalue weighted by atomic mass is 9.95. The van der Waals surface area contributed by atoms with Crippen molar-refractivity contribution in [1.82, 2.24) is 5.32 Å². The van der Waals surface area contributed by atoms with Crippen LogP contribution in [0.25, 0.3) is 0 Å². The van der Waals surface area contributed by atoms with Gasteiger partial charge in [0.2, 0.25) is 5.60 Å². The molecule has 0 bridgehead atoms. The predicted molar refractivity (Wildman–Crippen MR) is 70.4 cm³/mol. The van der Waals surface area contributed by atoms with Crippen LogP contribution in [-0.4, -0.2) is 23.8 Å². The highest BCUT2D eigenvalue weighted by Crippen LogP contribution is 2.26. The van der Waals surface area contributed by atoms with Crippen LogP contribution in [-0.2, 0) is 9.63 Å². The lowest BCUT2D eigenvalue weighted by molar-refractivity contribution is -0.141. The third-order valence-electron chi connectivity index (χ3n) is 2.98. The third kappa shape index (κ3) is 2.53. The Hall–Kier alpha value is -1.84. The Bertz CT molecular complexity index is 456. The van der Waals surface area contributed by atoms with E-state index in [1.807, 2.05) is 37.3 Å². The van der Waals surface area contributed by atoms with Crippen molar-refractivity contribution in [3.05, 3.63) is 35.9 Å². The van der Waals surface area contributed by atoms with E-state index in [1.54, 1.807) is 6.92 Å². The number of rotatable bonds is 4. The van der Waals surface area contributed by atoms with Crippen molar-refractivity contribution in [3.8, 4) is 0 Å². The normalized spacial score (nSPS) is 22.2. The number of carbonyl (C=O) groups is 1. The molecule has 18 heavy (non-hydrogen) atoms. The topological polar surface area (TPSA) is 50.7 Å². The Labute approximate surface area is 107 Å². The Morgan fingerprint density at radius 1 is 1.44 bits per heavy atom. The van der Waals surface area contributed by atoms with Crippen molar-refractivity contribution in [2.24, 2.45) is 5.16 Å². The van der Waals surface area contributed by atoms with E-state index < -0.39 is 5.60 Å². The van der Waals surface area contributed by atoms with Gasteiger partial charge in [-0.15, -0.1) is 0 Å². The van der Waals surface area contributed by atoms with Crippen molar-refractivity contribution in [3.63, 3.8) is 0 Å². The number of carbonyl (C=O) groups excluding carboxylic acids is 1. The van der Waals surface area contributed by atoms with E-state index in [2.05, 4.69) is 10.5 Å². The standard InChI is InChI=1S/C14H18N2O2/c1-3-9-15-13(17)14(2)10-12(16-18-14)11-7-5-4-6-8-11/h4-8H,3,9-10H2,1-2H3,(H,15,17). The van der Waals surface area contributed by atoms with Crippen molar-refractivity contribution < 1.29 is 9.63 Å². The maximum absolute atomic E-state index is 12.0. The number of benzene rings is 1. The minimum absolute atomic E-state index is 0.0981. The monoisotopic (exact) mass is 246 g/mol. The summed E-state index contributed by atoms with van der Waals surface area (Å²) in [6, 6.07) is 9.79. The zero-order chi connectivity index (χ0) is 13.0. The van der Waals surface area contributed by atoms with Crippen molar-refractivity contribution in [2.45, 2.75) is 32.3 Å². The summed E-state index contributed by atoms with van der Waals surface area (Å²) in [6.45, 7) is 4.46. The van der Waals surface area contributed by atoms with E-state index in [1.165, 1.54) is 0 Å². The second kappa shape index (κ2) is 5.21. The highest BCUT2D eigenvalue weighted by molar-refractivity contribution is 6.05. The van der Waals surface area contributed by atoms with Gasteiger partial charge in [-0.25, -0.2) is 0 Å². The van der Waals surface area contributed by atoms with E-state index in [0.717, 1.165) is 17.7 Å². The highest BCUT2D eigenvalue weighted by Gasteiger charge is 2.41. The molecule has 0 fully saturated rings. The summed E-state index contributed by atoms with van der Waals surface area (Å²) in [4.78, 5) is 17.3. The van der Waals surface area contributed by atoms with Crippen molar-refractivity contribution >= 4 is 11.6 Å². The molecule has 96 valence electrons. The van der Waals surface area contributed by atoms with Gasteiger partial charge in [0.1, 0.15) is 0 Å². The van der Waals surface area contributed by atoms with Crippen molar-refractivity contribution in [2.75, 3.05) is 6.54 Å². The molecule has 1 aromatic carbocycles. The number of nitrogens with one attached hydrogen (secondary N) is 1. The number of oxime groups is 1. The maximum atomic E-state index is 12.0.